The molecule has 23 heavy (non-hydrogen) atoms. The number of hydrogen-bond donors (Lipinski definition) is 1. The van der Waals surface area contributed by atoms with E-state index in [1.165, 1.54) is 0 Å². The Balaban J connectivity index is 0.00000132. The first-order valence-electron chi connectivity index (χ1n) is 7.09. The molecule has 1 aliphatic rings. The van der Waals surface area contributed by atoms with E-state index in [1.807, 2.05) is 22.4 Å². The molecule has 3 rings (SSSR count). The highest BCUT2D eigenvalue weighted by Crippen LogP contribution is 2.23. The largest absolute Gasteiger partial charge is 0.337 e. The molecule has 0 unspecified atom stereocenters. The van der Waals surface area contributed by atoms with E-state index in [0.717, 1.165) is 35.9 Å². The zero-order valence-corrected chi connectivity index (χ0v) is 15.2. The summed E-state index contributed by atoms with van der Waals surface area (Å²) in [5.41, 5.74) is 1.84. The summed E-state index contributed by atoms with van der Waals surface area (Å²) in [5, 5.41) is 6.18. The van der Waals surface area contributed by atoms with E-state index < -0.39 is 0 Å². The van der Waals surface area contributed by atoms with Gasteiger partial charge in [0.25, 0.3) is 0 Å². The average Bonchev–Trinajstić information content (AvgIpc) is 2.97. The topological polar surface area (TPSA) is 58.1 Å². The van der Waals surface area contributed by atoms with Crippen molar-refractivity contribution in [3.05, 3.63) is 35.6 Å². The fourth-order valence-electron chi connectivity index (χ4n) is 2.48. The molecular formula is C15H20Cl2N4OS. The van der Waals surface area contributed by atoms with Crippen LogP contribution >= 0.6 is 36.2 Å². The standard InChI is InChI=1S/C15H18N4OS.2ClH/c1-11-8-17-5-6-19(11)14(20)7-13-10-21-15(18-13)12-3-2-4-16-9-12;;/h2-4,9-11,17H,5-8H2,1H3;2*1H/t11-;;/m1../s1. The van der Waals surface area contributed by atoms with Gasteiger partial charge in [0.2, 0.25) is 5.91 Å². The summed E-state index contributed by atoms with van der Waals surface area (Å²) in [4.78, 5) is 23.0. The van der Waals surface area contributed by atoms with E-state index >= 15 is 0 Å². The van der Waals surface area contributed by atoms with Gasteiger partial charge in [-0.2, -0.15) is 0 Å². The summed E-state index contributed by atoms with van der Waals surface area (Å²) < 4.78 is 0. The monoisotopic (exact) mass is 374 g/mol. The summed E-state index contributed by atoms with van der Waals surface area (Å²) in [6, 6.07) is 4.13. The van der Waals surface area contributed by atoms with Crippen LogP contribution in [0.25, 0.3) is 10.6 Å². The molecule has 1 amide bonds. The highest BCUT2D eigenvalue weighted by molar-refractivity contribution is 7.13. The van der Waals surface area contributed by atoms with Crippen molar-refractivity contribution in [1.82, 2.24) is 20.2 Å². The first kappa shape index (κ1) is 19.8. The van der Waals surface area contributed by atoms with E-state index in [2.05, 4.69) is 22.2 Å². The van der Waals surface area contributed by atoms with Crippen LogP contribution in [0.2, 0.25) is 0 Å². The number of rotatable bonds is 3. The van der Waals surface area contributed by atoms with Gasteiger partial charge in [-0.05, 0) is 19.1 Å². The third kappa shape index (κ3) is 4.88. The molecule has 0 spiro atoms. The van der Waals surface area contributed by atoms with Crippen molar-refractivity contribution in [2.24, 2.45) is 0 Å². The Morgan fingerprint density at radius 2 is 2.30 bits per heavy atom. The number of carbonyl (C=O) groups excluding carboxylic acids is 1. The minimum atomic E-state index is 0. The Kier molecular flexibility index (Phi) is 7.91. The van der Waals surface area contributed by atoms with Crippen LogP contribution in [0, 0.1) is 0 Å². The second kappa shape index (κ2) is 9.17. The maximum Gasteiger partial charge on any atom is 0.228 e. The molecule has 1 N–H and O–H groups in total. The first-order chi connectivity index (χ1) is 10.2. The van der Waals surface area contributed by atoms with Crippen molar-refractivity contribution < 1.29 is 4.79 Å². The molecule has 1 fully saturated rings. The molecule has 0 radical (unpaired) electrons. The van der Waals surface area contributed by atoms with E-state index in [1.54, 1.807) is 23.7 Å². The molecular weight excluding hydrogens is 355 g/mol. The third-order valence-corrected chi connectivity index (χ3v) is 4.55. The molecule has 1 saturated heterocycles. The lowest BCUT2D eigenvalue weighted by Gasteiger charge is -2.33. The van der Waals surface area contributed by atoms with Crippen LogP contribution in [0.3, 0.4) is 0 Å². The second-order valence-electron chi connectivity index (χ2n) is 5.20. The van der Waals surface area contributed by atoms with E-state index in [0.29, 0.717) is 6.42 Å². The van der Waals surface area contributed by atoms with Gasteiger partial charge in [-0.25, -0.2) is 4.98 Å². The van der Waals surface area contributed by atoms with Crippen LogP contribution in [-0.4, -0.2) is 46.5 Å². The molecule has 1 aliphatic heterocycles. The predicted octanol–water partition coefficient (Wildman–Crippen LogP) is 2.41. The van der Waals surface area contributed by atoms with Crippen molar-refractivity contribution in [1.29, 1.82) is 0 Å². The number of nitrogens with zero attached hydrogens (tertiary/aromatic N) is 3. The number of aromatic nitrogens is 2. The molecule has 2 aromatic rings. The quantitative estimate of drug-likeness (QED) is 0.895. The number of carbonyl (C=O) groups is 1. The zero-order valence-electron chi connectivity index (χ0n) is 12.8. The summed E-state index contributed by atoms with van der Waals surface area (Å²) in [6.45, 7) is 4.59. The molecule has 0 saturated carbocycles. The minimum Gasteiger partial charge on any atom is -0.337 e. The molecule has 3 heterocycles. The van der Waals surface area contributed by atoms with Crippen LogP contribution in [0.1, 0.15) is 12.6 Å². The number of thiazole rings is 1. The van der Waals surface area contributed by atoms with Gasteiger partial charge in [0.15, 0.2) is 0 Å². The van der Waals surface area contributed by atoms with Crippen molar-refractivity contribution in [2.45, 2.75) is 19.4 Å². The highest BCUT2D eigenvalue weighted by atomic mass is 35.5. The van der Waals surface area contributed by atoms with Crippen LogP contribution in [0.4, 0.5) is 0 Å². The fourth-order valence-corrected chi connectivity index (χ4v) is 3.29. The van der Waals surface area contributed by atoms with Gasteiger partial charge in [0.1, 0.15) is 5.01 Å². The first-order valence-corrected chi connectivity index (χ1v) is 7.97. The Labute approximate surface area is 152 Å². The number of nitrogens with one attached hydrogen (secondary N) is 1. The van der Waals surface area contributed by atoms with Crippen LogP contribution < -0.4 is 5.32 Å². The van der Waals surface area contributed by atoms with Gasteiger partial charge in [-0.1, -0.05) is 0 Å². The average molecular weight is 375 g/mol. The van der Waals surface area contributed by atoms with Gasteiger partial charge >= 0.3 is 0 Å². The maximum atomic E-state index is 12.4. The Morgan fingerprint density at radius 3 is 3.00 bits per heavy atom. The molecule has 0 aliphatic carbocycles. The fraction of sp³-hybridized carbons (Fsp3) is 0.400. The Morgan fingerprint density at radius 1 is 1.48 bits per heavy atom. The lowest BCUT2D eigenvalue weighted by molar-refractivity contribution is -0.133. The summed E-state index contributed by atoms with van der Waals surface area (Å²) >= 11 is 1.56. The third-order valence-electron chi connectivity index (χ3n) is 3.61. The molecule has 2 aromatic heterocycles. The van der Waals surface area contributed by atoms with E-state index in [4.69, 9.17) is 0 Å². The lowest BCUT2D eigenvalue weighted by atomic mass is 10.2. The van der Waals surface area contributed by atoms with Gasteiger partial charge in [-0.3, -0.25) is 9.78 Å². The molecule has 8 heteroatoms. The highest BCUT2D eigenvalue weighted by Gasteiger charge is 2.23. The van der Waals surface area contributed by atoms with Gasteiger partial charge in [-0.15, -0.1) is 36.2 Å². The van der Waals surface area contributed by atoms with E-state index in [9.17, 15) is 4.79 Å². The number of piperazine rings is 1. The molecule has 0 bridgehead atoms. The Hall–Kier alpha value is -1.21. The van der Waals surface area contributed by atoms with Gasteiger partial charge in [0, 0.05) is 49.0 Å². The minimum absolute atomic E-state index is 0. The number of hydrogen-bond acceptors (Lipinski definition) is 5. The molecule has 0 aromatic carbocycles. The normalized spacial score (nSPS) is 17.1. The predicted molar refractivity (Wildman–Crippen MR) is 97.6 cm³/mol. The summed E-state index contributed by atoms with van der Waals surface area (Å²) in [5.74, 6) is 0.159. The Bertz CT molecular complexity index is 623. The van der Waals surface area contributed by atoms with Crippen molar-refractivity contribution in [3.63, 3.8) is 0 Å². The van der Waals surface area contributed by atoms with Gasteiger partial charge in [0.05, 0.1) is 12.1 Å². The lowest BCUT2D eigenvalue weighted by Crippen LogP contribution is -2.52. The maximum absolute atomic E-state index is 12.4. The number of pyridine rings is 1. The molecule has 5 nitrogen and oxygen atoms in total. The van der Waals surface area contributed by atoms with Crippen molar-refractivity contribution in [2.75, 3.05) is 19.6 Å². The summed E-state index contributed by atoms with van der Waals surface area (Å²) in [7, 11) is 0. The van der Waals surface area contributed by atoms with Crippen LogP contribution in [0.5, 0.6) is 0 Å². The molecule has 1 atom stereocenters. The van der Waals surface area contributed by atoms with Crippen molar-refractivity contribution >= 4 is 42.1 Å². The number of amides is 1. The van der Waals surface area contributed by atoms with E-state index in [-0.39, 0.29) is 36.8 Å². The molecule has 126 valence electrons. The smallest absolute Gasteiger partial charge is 0.228 e. The van der Waals surface area contributed by atoms with Gasteiger partial charge < -0.3 is 10.2 Å². The second-order valence-corrected chi connectivity index (χ2v) is 6.06. The summed E-state index contributed by atoms with van der Waals surface area (Å²) in [6.07, 6.45) is 3.91. The SMILES string of the molecule is C[C@@H]1CNCCN1C(=O)Cc1csc(-c2cccnc2)n1.Cl.Cl. The van der Waals surface area contributed by atoms with Crippen molar-refractivity contribution in [3.8, 4) is 10.6 Å². The number of halogens is 2. The zero-order chi connectivity index (χ0) is 14.7. The van der Waals surface area contributed by atoms with Crippen LogP contribution in [0.15, 0.2) is 29.9 Å². The van der Waals surface area contributed by atoms with Crippen LogP contribution in [-0.2, 0) is 11.2 Å².